The van der Waals surface area contributed by atoms with Crippen molar-refractivity contribution in [1.29, 1.82) is 5.26 Å². The topological polar surface area (TPSA) is 23.8 Å². The Morgan fingerprint density at radius 3 is 2.64 bits per heavy atom. The molecule has 0 unspecified atom stereocenters. The molecular weight excluding hydrogens is 201 g/mol. The van der Waals surface area contributed by atoms with E-state index < -0.39 is 11.2 Å². The zero-order chi connectivity index (χ0) is 10.8. The number of hydrogen-bond donors (Lipinski definition) is 0. The Morgan fingerprint density at radius 2 is 2.14 bits per heavy atom. The van der Waals surface area contributed by atoms with Crippen LogP contribution >= 0.6 is 11.6 Å². The van der Waals surface area contributed by atoms with Crippen molar-refractivity contribution in [2.75, 3.05) is 0 Å². The van der Waals surface area contributed by atoms with Gasteiger partial charge in [-0.05, 0) is 38.0 Å². The van der Waals surface area contributed by atoms with Gasteiger partial charge in [0.1, 0.15) is 5.82 Å². The summed E-state index contributed by atoms with van der Waals surface area (Å²) in [5.74, 6) is -0.432. The maximum atomic E-state index is 13.0. The summed E-state index contributed by atoms with van der Waals surface area (Å²) in [4.78, 5) is 0. The van der Waals surface area contributed by atoms with Crippen LogP contribution in [-0.2, 0) is 6.42 Å². The fraction of sp³-hybridized carbons (Fsp3) is 0.364. The molecule has 14 heavy (non-hydrogen) atoms. The Labute approximate surface area is 88.1 Å². The SMILES string of the molecule is CC(C)(C#N)Cc1ccc(Cl)c(F)c1. The van der Waals surface area contributed by atoms with Crippen molar-refractivity contribution in [3.8, 4) is 6.07 Å². The molecule has 1 nitrogen and oxygen atoms in total. The van der Waals surface area contributed by atoms with E-state index in [0.717, 1.165) is 5.56 Å². The van der Waals surface area contributed by atoms with Crippen LogP contribution in [0, 0.1) is 22.6 Å². The third-order valence-electron chi connectivity index (χ3n) is 1.93. The van der Waals surface area contributed by atoms with Crippen LogP contribution in [0.3, 0.4) is 0 Å². The number of benzene rings is 1. The highest BCUT2D eigenvalue weighted by molar-refractivity contribution is 6.30. The minimum atomic E-state index is -0.472. The highest BCUT2D eigenvalue weighted by Gasteiger charge is 2.17. The summed E-state index contributed by atoms with van der Waals surface area (Å²) < 4.78 is 13.0. The molecule has 0 atom stereocenters. The van der Waals surface area contributed by atoms with E-state index in [4.69, 9.17) is 16.9 Å². The lowest BCUT2D eigenvalue weighted by atomic mass is 9.87. The van der Waals surface area contributed by atoms with Gasteiger partial charge in [-0.25, -0.2) is 4.39 Å². The van der Waals surface area contributed by atoms with E-state index in [1.54, 1.807) is 6.07 Å². The van der Waals surface area contributed by atoms with Crippen LogP contribution in [0.2, 0.25) is 5.02 Å². The van der Waals surface area contributed by atoms with Gasteiger partial charge in [0.15, 0.2) is 0 Å². The van der Waals surface area contributed by atoms with Crippen molar-refractivity contribution in [2.45, 2.75) is 20.3 Å². The molecule has 1 aromatic carbocycles. The fourth-order valence-corrected chi connectivity index (χ4v) is 1.32. The van der Waals surface area contributed by atoms with Gasteiger partial charge >= 0.3 is 0 Å². The lowest BCUT2D eigenvalue weighted by Crippen LogP contribution is -2.11. The van der Waals surface area contributed by atoms with Crippen molar-refractivity contribution in [1.82, 2.24) is 0 Å². The average molecular weight is 212 g/mol. The number of rotatable bonds is 2. The van der Waals surface area contributed by atoms with E-state index in [9.17, 15) is 4.39 Å². The molecule has 0 amide bonds. The van der Waals surface area contributed by atoms with Crippen LogP contribution in [-0.4, -0.2) is 0 Å². The van der Waals surface area contributed by atoms with Gasteiger partial charge in [-0.1, -0.05) is 17.7 Å². The van der Waals surface area contributed by atoms with E-state index in [1.165, 1.54) is 12.1 Å². The van der Waals surface area contributed by atoms with Crippen LogP contribution in [0.5, 0.6) is 0 Å². The number of hydrogen-bond acceptors (Lipinski definition) is 1. The van der Waals surface area contributed by atoms with Crippen LogP contribution < -0.4 is 0 Å². The molecule has 0 aliphatic rings. The quantitative estimate of drug-likeness (QED) is 0.734. The van der Waals surface area contributed by atoms with Crippen LogP contribution in [0.25, 0.3) is 0 Å². The summed E-state index contributed by atoms with van der Waals surface area (Å²) in [7, 11) is 0. The fourth-order valence-electron chi connectivity index (χ4n) is 1.20. The number of nitrogens with zero attached hydrogens (tertiary/aromatic N) is 1. The first-order valence-corrected chi connectivity index (χ1v) is 4.67. The summed E-state index contributed by atoms with van der Waals surface area (Å²) in [6.07, 6.45) is 0.525. The second-order valence-electron chi connectivity index (χ2n) is 3.92. The lowest BCUT2D eigenvalue weighted by molar-refractivity contribution is 0.491. The van der Waals surface area contributed by atoms with E-state index in [1.807, 2.05) is 13.8 Å². The first-order valence-electron chi connectivity index (χ1n) is 4.30. The molecule has 0 N–H and O–H groups in total. The highest BCUT2D eigenvalue weighted by atomic mass is 35.5. The summed E-state index contributed by atoms with van der Waals surface area (Å²) >= 11 is 5.55. The predicted molar refractivity (Wildman–Crippen MR) is 54.5 cm³/mol. The van der Waals surface area contributed by atoms with Crippen LogP contribution in [0.1, 0.15) is 19.4 Å². The first-order chi connectivity index (χ1) is 6.44. The normalized spacial score (nSPS) is 11.1. The maximum Gasteiger partial charge on any atom is 0.142 e. The van der Waals surface area contributed by atoms with E-state index in [2.05, 4.69) is 6.07 Å². The van der Waals surface area contributed by atoms with Gasteiger partial charge in [-0.3, -0.25) is 0 Å². The molecule has 0 saturated heterocycles. The molecule has 0 aliphatic heterocycles. The largest absolute Gasteiger partial charge is 0.205 e. The highest BCUT2D eigenvalue weighted by Crippen LogP contribution is 2.23. The van der Waals surface area contributed by atoms with Gasteiger partial charge in [0.2, 0.25) is 0 Å². The molecule has 0 aliphatic carbocycles. The van der Waals surface area contributed by atoms with Gasteiger partial charge < -0.3 is 0 Å². The Hall–Kier alpha value is -1.07. The predicted octanol–water partition coefficient (Wildman–Crippen LogP) is 3.57. The van der Waals surface area contributed by atoms with Crippen molar-refractivity contribution >= 4 is 11.6 Å². The Morgan fingerprint density at radius 1 is 1.50 bits per heavy atom. The third-order valence-corrected chi connectivity index (χ3v) is 2.24. The van der Waals surface area contributed by atoms with Crippen molar-refractivity contribution < 1.29 is 4.39 Å². The van der Waals surface area contributed by atoms with E-state index in [-0.39, 0.29) is 5.02 Å². The van der Waals surface area contributed by atoms with Crippen LogP contribution in [0.4, 0.5) is 4.39 Å². The Balaban J connectivity index is 2.90. The number of halogens is 2. The van der Waals surface area contributed by atoms with Gasteiger partial charge in [0.25, 0.3) is 0 Å². The van der Waals surface area contributed by atoms with E-state index in [0.29, 0.717) is 6.42 Å². The summed E-state index contributed by atoms with van der Waals surface area (Å²) in [6, 6.07) is 6.80. The second-order valence-corrected chi connectivity index (χ2v) is 4.33. The smallest absolute Gasteiger partial charge is 0.142 e. The Kier molecular flexibility index (Phi) is 3.13. The molecule has 3 heteroatoms. The maximum absolute atomic E-state index is 13.0. The molecule has 0 radical (unpaired) electrons. The first kappa shape index (κ1) is 11.0. The second kappa shape index (κ2) is 3.98. The molecule has 0 aromatic heterocycles. The molecular formula is C11H11ClFN. The monoisotopic (exact) mass is 211 g/mol. The molecule has 1 aromatic rings. The minimum Gasteiger partial charge on any atom is -0.205 e. The molecule has 0 spiro atoms. The van der Waals surface area contributed by atoms with Crippen molar-refractivity contribution in [2.24, 2.45) is 5.41 Å². The summed E-state index contributed by atoms with van der Waals surface area (Å²) in [6.45, 7) is 3.64. The zero-order valence-corrected chi connectivity index (χ0v) is 8.90. The van der Waals surface area contributed by atoms with Gasteiger partial charge in [0, 0.05) is 0 Å². The van der Waals surface area contributed by atoms with Crippen molar-refractivity contribution in [3.05, 3.63) is 34.6 Å². The van der Waals surface area contributed by atoms with Crippen LogP contribution in [0.15, 0.2) is 18.2 Å². The summed E-state index contributed by atoms with van der Waals surface area (Å²) in [5.41, 5.74) is 0.318. The molecule has 0 heterocycles. The van der Waals surface area contributed by atoms with Crippen molar-refractivity contribution in [3.63, 3.8) is 0 Å². The number of nitriles is 1. The molecule has 0 saturated carbocycles. The Bertz CT molecular complexity index is 379. The van der Waals surface area contributed by atoms with E-state index >= 15 is 0 Å². The average Bonchev–Trinajstić information content (AvgIpc) is 2.11. The molecule has 0 fully saturated rings. The zero-order valence-electron chi connectivity index (χ0n) is 8.14. The third kappa shape index (κ3) is 2.71. The standard InChI is InChI=1S/C11H11ClFN/c1-11(2,7-14)6-8-3-4-9(12)10(13)5-8/h3-5H,6H2,1-2H3. The minimum absolute atomic E-state index is 0.114. The molecule has 1 rings (SSSR count). The van der Waals surface area contributed by atoms with Gasteiger partial charge in [-0.2, -0.15) is 5.26 Å². The molecule has 0 bridgehead atoms. The molecule has 74 valence electrons. The summed E-state index contributed by atoms with van der Waals surface area (Å²) in [5, 5.41) is 8.92. The van der Waals surface area contributed by atoms with Gasteiger partial charge in [0.05, 0.1) is 16.5 Å². The van der Waals surface area contributed by atoms with Gasteiger partial charge in [-0.15, -0.1) is 0 Å². The lowest BCUT2D eigenvalue weighted by Gasteiger charge is -2.14.